The molecule has 0 aromatic heterocycles. The number of ether oxygens (including phenoxy) is 1. The van der Waals surface area contributed by atoms with Crippen molar-refractivity contribution in [3.05, 3.63) is 0 Å². The summed E-state index contributed by atoms with van der Waals surface area (Å²) < 4.78 is 4.85. The molecule has 172 valence electrons. The van der Waals surface area contributed by atoms with Crippen molar-refractivity contribution < 1.29 is 19.7 Å². The maximum atomic E-state index is 11.7. The van der Waals surface area contributed by atoms with E-state index >= 15 is 0 Å². The van der Waals surface area contributed by atoms with Gasteiger partial charge in [-0.2, -0.15) is 0 Å². The maximum absolute atomic E-state index is 11.7. The fourth-order valence-electron chi connectivity index (χ4n) is 9.02. The van der Waals surface area contributed by atoms with Crippen LogP contribution in [0.25, 0.3) is 0 Å². The standard InChI is InChI=1S/C26H44O4/c1-15-10-11-25(3)17(12-15)13-21(27)24-19-8-7-18(16(2)6-9-23(29)30-5)26(19,4)22(28)14-20(24)25/h15-22,24,27-28H,6-14H2,1-5H3/t15?,16-,17+,18?,19+,20+,21-,22+,24+,25+,26-/m1/s1. The van der Waals surface area contributed by atoms with E-state index in [9.17, 15) is 15.0 Å². The largest absolute Gasteiger partial charge is 0.469 e. The Morgan fingerprint density at radius 1 is 1.10 bits per heavy atom. The molecule has 4 aliphatic carbocycles. The molecule has 30 heavy (non-hydrogen) atoms. The van der Waals surface area contributed by atoms with Crippen LogP contribution in [0.1, 0.15) is 85.5 Å². The molecule has 4 nitrogen and oxygen atoms in total. The smallest absolute Gasteiger partial charge is 0.305 e. The number of carbonyl (C=O) groups is 1. The molecule has 0 saturated heterocycles. The van der Waals surface area contributed by atoms with E-state index in [2.05, 4.69) is 27.7 Å². The molecule has 2 unspecified atom stereocenters. The summed E-state index contributed by atoms with van der Waals surface area (Å²) in [5.41, 5.74) is 0.121. The Labute approximate surface area is 183 Å². The summed E-state index contributed by atoms with van der Waals surface area (Å²) in [6.07, 6.45) is 8.53. The van der Waals surface area contributed by atoms with Crippen LogP contribution in [0.5, 0.6) is 0 Å². The zero-order valence-corrected chi connectivity index (χ0v) is 19.8. The van der Waals surface area contributed by atoms with Crippen molar-refractivity contribution in [1.82, 2.24) is 0 Å². The van der Waals surface area contributed by atoms with Gasteiger partial charge in [0, 0.05) is 6.42 Å². The molecule has 4 fully saturated rings. The molecule has 0 spiro atoms. The molecule has 4 rings (SSSR count). The Kier molecular flexibility index (Phi) is 6.07. The van der Waals surface area contributed by atoms with E-state index in [1.165, 1.54) is 26.4 Å². The summed E-state index contributed by atoms with van der Waals surface area (Å²) in [6.45, 7) is 9.39. The number of fused-ring (bicyclic) bond motifs is 5. The van der Waals surface area contributed by atoms with Crippen LogP contribution in [-0.2, 0) is 9.53 Å². The number of hydrogen-bond donors (Lipinski definition) is 2. The average Bonchev–Trinajstić information content (AvgIpc) is 3.06. The van der Waals surface area contributed by atoms with Gasteiger partial charge in [-0.05, 0) is 97.2 Å². The Morgan fingerprint density at radius 3 is 2.53 bits per heavy atom. The summed E-state index contributed by atoms with van der Waals surface area (Å²) in [5.74, 6) is 3.17. The minimum absolute atomic E-state index is 0.140. The summed E-state index contributed by atoms with van der Waals surface area (Å²) in [6, 6.07) is 0. The molecular weight excluding hydrogens is 376 g/mol. The second-order valence-corrected chi connectivity index (χ2v) is 12.1. The SMILES string of the molecule is COC(=O)CC[C@@H](C)C1CC[C@H]2[C@@H]3[C@H](O)C[C@@H]4CC(C)CC[C@]4(C)[C@H]3C[C@H](O)[C@]12C. The number of methoxy groups -OCH3 is 1. The van der Waals surface area contributed by atoms with Gasteiger partial charge in [0.1, 0.15) is 0 Å². The fourth-order valence-corrected chi connectivity index (χ4v) is 9.02. The Hall–Kier alpha value is -0.610. The van der Waals surface area contributed by atoms with Gasteiger partial charge >= 0.3 is 5.97 Å². The Bertz CT molecular complexity index is 649. The van der Waals surface area contributed by atoms with Gasteiger partial charge in [0.15, 0.2) is 0 Å². The second-order valence-electron chi connectivity index (χ2n) is 12.1. The topological polar surface area (TPSA) is 66.8 Å². The number of esters is 1. The zero-order chi connectivity index (χ0) is 21.8. The van der Waals surface area contributed by atoms with Gasteiger partial charge in [-0.15, -0.1) is 0 Å². The van der Waals surface area contributed by atoms with Crippen molar-refractivity contribution in [3.63, 3.8) is 0 Å². The molecule has 0 aromatic rings. The highest BCUT2D eigenvalue weighted by molar-refractivity contribution is 5.69. The molecule has 2 N–H and O–H groups in total. The van der Waals surface area contributed by atoms with Crippen molar-refractivity contribution in [2.45, 2.75) is 97.7 Å². The molecule has 0 amide bonds. The van der Waals surface area contributed by atoms with Gasteiger partial charge in [-0.3, -0.25) is 4.79 Å². The Morgan fingerprint density at radius 2 is 1.83 bits per heavy atom. The molecule has 4 heteroatoms. The first-order valence-corrected chi connectivity index (χ1v) is 12.6. The normalized spacial score (nSPS) is 51.4. The van der Waals surface area contributed by atoms with Crippen LogP contribution in [-0.4, -0.2) is 35.5 Å². The second kappa shape index (κ2) is 8.06. The van der Waals surface area contributed by atoms with Crippen molar-refractivity contribution in [3.8, 4) is 0 Å². The molecule has 0 aromatic carbocycles. The van der Waals surface area contributed by atoms with Crippen LogP contribution in [0, 0.1) is 52.3 Å². The van der Waals surface area contributed by atoms with E-state index in [0.717, 1.165) is 38.0 Å². The average molecular weight is 421 g/mol. The van der Waals surface area contributed by atoms with E-state index in [0.29, 0.717) is 41.9 Å². The predicted octanol–water partition coefficient (Wildman–Crippen LogP) is 4.81. The predicted molar refractivity (Wildman–Crippen MR) is 118 cm³/mol. The first kappa shape index (κ1) is 22.6. The lowest BCUT2D eigenvalue weighted by Gasteiger charge is -2.63. The van der Waals surface area contributed by atoms with E-state index in [4.69, 9.17) is 4.74 Å². The minimum atomic E-state index is -0.307. The van der Waals surface area contributed by atoms with Crippen molar-refractivity contribution >= 4 is 5.97 Å². The lowest BCUT2D eigenvalue weighted by molar-refractivity contribution is -0.203. The summed E-state index contributed by atoms with van der Waals surface area (Å²) in [4.78, 5) is 11.7. The molecule has 11 atom stereocenters. The summed E-state index contributed by atoms with van der Waals surface area (Å²) in [5, 5.41) is 23.0. The van der Waals surface area contributed by atoms with E-state index in [1.807, 2.05) is 0 Å². The van der Waals surface area contributed by atoms with Crippen molar-refractivity contribution in [2.24, 2.45) is 52.3 Å². The van der Waals surface area contributed by atoms with Crippen LogP contribution >= 0.6 is 0 Å². The molecule has 4 saturated carbocycles. The third kappa shape index (κ3) is 3.36. The van der Waals surface area contributed by atoms with E-state index in [-0.39, 0.29) is 29.0 Å². The van der Waals surface area contributed by atoms with Gasteiger partial charge in [-0.25, -0.2) is 0 Å². The highest BCUT2D eigenvalue weighted by Crippen LogP contribution is 2.68. The summed E-state index contributed by atoms with van der Waals surface area (Å²) >= 11 is 0. The molecule has 4 aliphatic rings. The number of aliphatic hydroxyl groups excluding tert-OH is 2. The summed E-state index contributed by atoms with van der Waals surface area (Å²) in [7, 11) is 1.45. The third-order valence-corrected chi connectivity index (χ3v) is 10.8. The lowest BCUT2D eigenvalue weighted by atomic mass is 9.42. The molecule has 0 aliphatic heterocycles. The van der Waals surface area contributed by atoms with Gasteiger partial charge in [0.25, 0.3) is 0 Å². The maximum Gasteiger partial charge on any atom is 0.305 e. The monoisotopic (exact) mass is 420 g/mol. The van der Waals surface area contributed by atoms with Crippen LogP contribution in [0.15, 0.2) is 0 Å². The van der Waals surface area contributed by atoms with Gasteiger partial charge < -0.3 is 14.9 Å². The third-order valence-electron chi connectivity index (χ3n) is 10.8. The first-order valence-electron chi connectivity index (χ1n) is 12.6. The van der Waals surface area contributed by atoms with Crippen molar-refractivity contribution in [2.75, 3.05) is 7.11 Å². The molecular formula is C26H44O4. The van der Waals surface area contributed by atoms with E-state index < -0.39 is 0 Å². The zero-order valence-electron chi connectivity index (χ0n) is 19.8. The van der Waals surface area contributed by atoms with Crippen LogP contribution in [0.4, 0.5) is 0 Å². The lowest BCUT2D eigenvalue weighted by Crippen LogP contribution is -2.62. The number of carbonyl (C=O) groups excluding carboxylic acids is 1. The highest BCUT2D eigenvalue weighted by Gasteiger charge is 2.65. The van der Waals surface area contributed by atoms with E-state index in [1.54, 1.807) is 0 Å². The molecule has 0 heterocycles. The first-order chi connectivity index (χ1) is 14.1. The molecule has 0 radical (unpaired) electrons. The fraction of sp³-hybridized carbons (Fsp3) is 0.962. The van der Waals surface area contributed by atoms with Crippen molar-refractivity contribution in [1.29, 1.82) is 0 Å². The number of rotatable bonds is 4. The Balaban J connectivity index is 1.58. The number of aliphatic hydroxyl groups is 2. The molecule has 0 bridgehead atoms. The van der Waals surface area contributed by atoms with Crippen LogP contribution < -0.4 is 0 Å². The van der Waals surface area contributed by atoms with Gasteiger partial charge in [0.2, 0.25) is 0 Å². The van der Waals surface area contributed by atoms with Gasteiger partial charge in [0.05, 0.1) is 19.3 Å². The quantitative estimate of drug-likeness (QED) is 0.640. The number of hydrogen-bond acceptors (Lipinski definition) is 4. The highest BCUT2D eigenvalue weighted by atomic mass is 16.5. The van der Waals surface area contributed by atoms with Crippen LogP contribution in [0.2, 0.25) is 0 Å². The van der Waals surface area contributed by atoms with Crippen LogP contribution in [0.3, 0.4) is 0 Å². The minimum Gasteiger partial charge on any atom is -0.469 e. The van der Waals surface area contributed by atoms with Gasteiger partial charge in [-0.1, -0.05) is 34.1 Å².